The third kappa shape index (κ3) is 4.35. The Labute approximate surface area is 154 Å². The molecule has 1 saturated carbocycles. The van der Waals surface area contributed by atoms with E-state index >= 15 is 0 Å². The summed E-state index contributed by atoms with van der Waals surface area (Å²) in [7, 11) is -0.527. The Morgan fingerprint density at radius 1 is 1.00 bits per heavy atom. The zero-order valence-corrected chi connectivity index (χ0v) is 17.0. The number of halogens is 2. The van der Waals surface area contributed by atoms with Crippen LogP contribution in [0.15, 0.2) is 18.2 Å². The third-order valence-electron chi connectivity index (χ3n) is 7.08. The molecule has 1 aliphatic heterocycles. The van der Waals surface area contributed by atoms with Gasteiger partial charge in [-0.2, -0.15) is 0 Å². The molecule has 1 saturated heterocycles. The molecule has 2 fully saturated rings. The van der Waals surface area contributed by atoms with Gasteiger partial charge in [-0.25, -0.2) is 8.78 Å². The molecule has 0 unspecified atom stereocenters. The van der Waals surface area contributed by atoms with Crippen molar-refractivity contribution < 1.29 is 8.78 Å². The van der Waals surface area contributed by atoms with E-state index in [0.29, 0.717) is 5.92 Å². The summed E-state index contributed by atoms with van der Waals surface area (Å²) in [5, 5.41) is 0. The topological polar surface area (TPSA) is 0 Å². The van der Waals surface area contributed by atoms with Crippen molar-refractivity contribution >= 4 is 8.80 Å². The molecule has 1 heterocycles. The molecule has 0 atom stereocenters. The first-order valence-electron chi connectivity index (χ1n) is 10.6. The maximum Gasteiger partial charge on any atom is 0.159 e. The molecule has 0 bridgehead atoms. The number of hydrogen-bond acceptors (Lipinski definition) is 0. The highest BCUT2D eigenvalue weighted by atomic mass is 28.3. The summed E-state index contributed by atoms with van der Waals surface area (Å²) >= 11 is 0. The SMILES string of the molecule is CCCCC[SiH]1CCC(C2(c3ccc(F)c(F)c3)CCCCC2)CC1. The molecule has 0 spiro atoms. The molecule has 3 rings (SSSR count). The molecule has 140 valence electrons. The first-order valence-corrected chi connectivity index (χ1v) is 13.1. The van der Waals surface area contributed by atoms with Crippen LogP contribution < -0.4 is 0 Å². The van der Waals surface area contributed by atoms with Crippen LogP contribution in [0.4, 0.5) is 8.78 Å². The fraction of sp³-hybridized carbons (Fsp3) is 0.727. The van der Waals surface area contributed by atoms with E-state index < -0.39 is 20.4 Å². The molecule has 0 aromatic heterocycles. The summed E-state index contributed by atoms with van der Waals surface area (Å²) in [6.07, 6.45) is 13.0. The van der Waals surface area contributed by atoms with Crippen LogP contribution in [0, 0.1) is 17.6 Å². The highest BCUT2D eigenvalue weighted by molar-refractivity contribution is 6.58. The van der Waals surface area contributed by atoms with Gasteiger partial charge in [0.15, 0.2) is 11.6 Å². The predicted molar refractivity (Wildman–Crippen MR) is 105 cm³/mol. The van der Waals surface area contributed by atoms with Gasteiger partial charge >= 0.3 is 0 Å². The summed E-state index contributed by atoms with van der Waals surface area (Å²) < 4.78 is 27.4. The van der Waals surface area contributed by atoms with Crippen LogP contribution in [0.5, 0.6) is 0 Å². The Kier molecular flexibility index (Phi) is 6.71. The van der Waals surface area contributed by atoms with E-state index in [9.17, 15) is 8.78 Å². The maximum atomic E-state index is 13.9. The van der Waals surface area contributed by atoms with Crippen molar-refractivity contribution in [1.82, 2.24) is 0 Å². The lowest BCUT2D eigenvalue weighted by Crippen LogP contribution is -2.40. The molecule has 0 amide bonds. The smallest absolute Gasteiger partial charge is 0.159 e. The number of benzene rings is 1. The summed E-state index contributed by atoms with van der Waals surface area (Å²) in [5.74, 6) is -0.681. The molecule has 1 aliphatic carbocycles. The Hall–Kier alpha value is -0.703. The second-order valence-electron chi connectivity index (χ2n) is 8.56. The van der Waals surface area contributed by atoms with Gasteiger partial charge in [0.1, 0.15) is 0 Å². The Morgan fingerprint density at radius 3 is 2.36 bits per heavy atom. The quantitative estimate of drug-likeness (QED) is 0.377. The van der Waals surface area contributed by atoms with E-state index in [1.807, 2.05) is 6.07 Å². The highest BCUT2D eigenvalue weighted by Gasteiger charge is 2.42. The Bertz CT molecular complexity index is 543. The van der Waals surface area contributed by atoms with E-state index in [2.05, 4.69) is 6.92 Å². The van der Waals surface area contributed by atoms with Crippen molar-refractivity contribution in [2.45, 2.75) is 94.7 Å². The standard InChI is InChI=1S/C22H34F2Si/c1-2-3-7-14-25-15-10-18(11-16-25)22(12-5-4-6-13-22)19-8-9-20(23)21(24)17-19/h8-9,17-18,25H,2-7,10-16H2,1H3. The second kappa shape index (κ2) is 8.79. The minimum Gasteiger partial charge on any atom is -0.204 e. The van der Waals surface area contributed by atoms with Crippen LogP contribution in [-0.2, 0) is 5.41 Å². The van der Waals surface area contributed by atoms with Crippen LogP contribution in [0.25, 0.3) is 0 Å². The van der Waals surface area contributed by atoms with Crippen molar-refractivity contribution in [3.05, 3.63) is 35.4 Å². The second-order valence-corrected chi connectivity index (χ2v) is 12.0. The Morgan fingerprint density at radius 2 is 1.72 bits per heavy atom. The normalized spacial score (nSPS) is 26.5. The largest absolute Gasteiger partial charge is 0.204 e. The molecule has 0 radical (unpaired) electrons. The average Bonchev–Trinajstić information content (AvgIpc) is 2.65. The molecular formula is C22H34F2Si. The molecule has 0 nitrogen and oxygen atoms in total. The number of rotatable bonds is 6. The zero-order valence-electron chi connectivity index (χ0n) is 15.8. The van der Waals surface area contributed by atoms with Crippen molar-refractivity contribution in [3.63, 3.8) is 0 Å². The van der Waals surface area contributed by atoms with E-state index in [0.717, 1.165) is 5.56 Å². The van der Waals surface area contributed by atoms with Crippen LogP contribution in [-0.4, -0.2) is 8.80 Å². The van der Waals surface area contributed by atoms with Gasteiger partial charge in [0.25, 0.3) is 0 Å². The first kappa shape index (κ1) is 19.1. The fourth-order valence-corrected chi connectivity index (χ4v) is 9.09. The summed E-state index contributed by atoms with van der Waals surface area (Å²) in [6.45, 7) is 2.28. The van der Waals surface area contributed by atoms with Crippen LogP contribution in [0.1, 0.15) is 76.7 Å². The van der Waals surface area contributed by atoms with Crippen molar-refractivity contribution in [2.75, 3.05) is 0 Å². The van der Waals surface area contributed by atoms with Gasteiger partial charge in [0, 0.05) is 8.80 Å². The van der Waals surface area contributed by atoms with Crippen molar-refractivity contribution in [1.29, 1.82) is 0 Å². The van der Waals surface area contributed by atoms with Crippen LogP contribution >= 0.6 is 0 Å². The van der Waals surface area contributed by atoms with Gasteiger partial charge in [-0.05, 0) is 41.9 Å². The fourth-order valence-electron chi connectivity index (χ4n) is 5.61. The monoisotopic (exact) mass is 364 g/mol. The van der Waals surface area contributed by atoms with Gasteiger partial charge in [0.05, 0.1) is 0 Å². The molecule has 1 aromatic rings. The van der Waals surface area contributed by atoms with Gasteiger partial charge in [-0.1, -0.05) is 82.5 Å². The summed E-state index contributed by atoms with van der Waals surface area (Å²) in [6, 6.07) is 9.23. The van der Waals surface area contributed by atoms with Gasteiger partial charge in [-0.3, -0.25) is 0 Å². The van der Waals surface area contributed by atoms with E-state index in [1.165, 1.54) is 94.5 Å². The molecular weight excluding hydrogens is 330 g/mol. The first-order chi connectivity index (χ1) is 12.2. The minimum atomic E-state index is -0.707. The lowest BCUT2D eigenvalue weighted by Gasteiger charge is -2.47. The van der Waals surface area contributed by atoms with Crippen molar-refractivity contribution in [2.24, 2.45) is 5.92 Å². The highest BCUT2D eigenvalue weighted by Crippen LogP contribution is 2.50. The lowest BCUT2D eigenvalue weighted by molar-refractivity contribution is 0.174. The van der Waals surface area contributed by atoms with E-state index in [4.69, 9.17) is 0 Å². The molecule has 25 heavy (non-hydrogen) atoms. The average molecular weight is 365 g/mol. The molecule has 3 heteroatoms. The molecule has 1 aromatic carbocycles. The van der Waals surface area contributed by atoms with Gasteiger partial charge < -0.3 is 0 Å². The molecule has 2 aliphatic rings. The lowest BCUT2D eigenvalue weighted by atomic mass is 9.60. The summed E-state index contributed by atoms with van der Waals surface area (Å²) in [5.41, 5.74) is 1.21. The number of hydrogen-bond donors (Lipinski definition) is 0. The Balaban J connectivity index is 1.72. The maximum absolute atomic E-state index is 13.9. The van der Waals surface area contributed by atoms with Crippen LogP contribution in [0.3, 0.4) is 0 Å². The zero-order chi connectivity index (χ0) is 17.7. The van der Waals surface area contributed by atoms with Crippen molar-refractivity contribution in [3.8, 4) is 0 Å². The van der Waals surface area contributed by atoms with E-state index in [1.54, 1.807) is 0 Å². The summed E-state index contributed by atoms with van der Waals surface area (Å²) in [4.78, 5) is 0. The number of unbranched alkanes of at least 4 members (excludes halogenated alkanes) is 2. The van der Waals surface area contributed by atoms with Gasteiger partial charge in [0.2, 0.25) is 0 Å². The van der Waals surface area contributed by atoms with Gasteiger partial charge in [-0.15, -0.1) is 0 Å². The van der Waals surface area contributed by atoms with E-state index in [-0.39, 0.29) is 5.41 Å². The minimum absolute atomic E-state index is 0.121. The third-order valence-corrected chi connectivity index (χ3v) is 10.6. The molecule has 0 N–H and O–H groups in total. The predicted octanol–water partition coefficient (Wildman–Crippen LogP) is 6.99. The van der Waals surface area contributed by atoms with Crippen LogP contribution in [0.2, 0.25) is 18.1 Å².